The number of nitrogens with zero attached hydrogens (tertiary/aromatic N) is 3. The molecule has 2 heterocycles. The minimum Gasteiger partial charge on any atom is -0.309 e. The third kappa shape index (κ3) is 1.65. The maximum atomic E-state index is 4.57. The van der Waals surface area contributed by atoms with E-state index in [2.05, 4.69) is 28.4 Å². The molecule has 1 N–H and O–H groups in total. The molecule has 2 bridgehead atoms. The van der Waals surface area contributed by atoms with Gasteiger partial charge in [0.05, 0.1) is 5.69 Å². The van der Waals surface area contributed by atoms with Gasteiger partial charge >= 0.3 is 0 Å². The fraction of sp³-hybridized carbons (Fsp3) is 0.647. The quantitative estimate of drug-likeness (QED) is 0.940. The molecule has 3 aliphatic rings. The molecule has 110 valence electrons. The van der Waals surface area contributed by atoms with Crippen LogP contribution in [0.25, 0.3) is 11.0 Å². The minimum atomic E-state index is 0.793. The molecule has 2 aromatic rings. The van der Waals surface area contributed by atoms with E-state index in [1.54, 1.807) is 0 Å². The standard InChI is InChI=1S/C17H22N4/c1-9-13-5-10(8-19-17(13)21(2)20-9)7-18-16-14-11-3-4-12(6-11)15(14)16/h5,8,11-12,14-16,18H,3-4,6-7H2,1-2H3. The molecule has 0 spiro atoms. The van der Waals surface area contributed by atoms with Crippen molar-refractivity contribution in [1.29, 1.82) is 0 Å². The second-order valence-electron chi connectivity index (χ2n) is 7.32. The predicted octanol–water partition coefficient (Wildman–Crippen LogP) is 2.41. The normalized spacial score (nSPS) is 36.4. The lowest BCUT2D eigenvalue weighted by Crippen LogP contribution is -2.22. The summed E-state index contributed by atoms with van der Waals surface area (Å²) in [5, 5.41) is 9.43. The average Bonchev–Trinajstić information content (AvgIpc) is 2.79. The maximum Gasteiger partial charge on any atom is 0.157 e. The van der Waals surface area contributed by atoms with E-state index in [9.17, 15) is 0 Å². The van der Waals surface area contributed by atoms with Crippen LogP contribution in [-0.4, -0.2) is 20.8 Å². The highest BCUT2D eigenvalue weighted by Gasteiger charge is 2.64. The molecule has 3 aliphatic carbocycles. The largest absolute Gasteiger partial charge is 0.309 e. The van der Waals surface area contributed by atoms with E-state index in [1.165, 1.54) is 30.2 Å². The number of fused-ring (bicyclic) bond motifs is 6. The second-order valence-corrected chi connectivity index (χ2v) is 7.32. The van der Waals surface area contributed by atoms with Crippen molar-refractivity contribution in [3.05, 3.63) is 23.5 Å². The lowest BCUT2D eigenvalue weighted by Gasteiger charge is -2.10. The van der Waals surface area contributed by atoms with Crippen molar-refractivity contribution >= 4 is 11.0 Å². The summed E-state index contributed by atoms with van der Waals surface area (Å²) < 4.78 is 1.87. The van der Waals surface area contributed by atoms with Crippen molar-refractivity contribution in [3.8, 4) is 0 Å². The summed E-state index contributed by atoms with van der Waals surface area (Å²) >= 11 is 0. The van der Waals surface area contributed by atoms with Crippen LogP contribution in [0.15, 0.2) is 12.3 Å². The van der Waals surface area contributed by atoms with Crippen molar-refractivity contribution < 1.29 is 0 Å². The molecule has 0 saturated heterocycles. The van der Waals surface area contributed by atoms with Gasteiger partial charge in [0.15, 0.2) is 5.65 Å². The Hall–Kier alpha value is -1.42. The molecule has 21 heavy (non-hydrogen) atoms. The van der Waals surface area contributed by atoms with Crippen molar-refractivity contribution in [2.45, 2.75) is 38.8 Å². The van der Waals surface area contributed by atoms with E-state index in [4.69, 9.17) is 0 Å². The maximum absolute atomic E-state index is 4.57. The highest BCUT2D eigenvalue weighted by Crippen LogP contribution is 2.65. The van der Waals surface area contributed by atoms with E-state index in [1.807, 2.05) is 17.9 Å². The van der Waals surface area contributed by atoms with Gasteiger partial charge in [0.1, 0.15) is 0 Å². The zero-order valence-electron chi connectivity index (χ0n) is 12.7. The molecular formula is C17H22N4. The SMILES string of the molecule is Cc1nn(C)c2ncc(CNC3C4C5CCC(C5)C34)cc12. The Balaban J connectivity index is 1.32. The minimum absolute atomic E-state index is 0.793. The van der Waals surface area contributed by atoms with Gasteiger partial charge in [-0.3, -0.25) is 4.68 Å². The summed E-state index contributed by atoms with van der Waals surface area (Å²) in [6.45, 7) is 3.01. The van der Waals surface area contributed by atoms with Gasteiger partial charge in [-0.15, -0.1) is 0 Å². The smallest absolute Gasteiger partial charge is 0.157 e. The van der Waals surface area contributed by atoms with Gasteiger partial charge in [-0.05, 0) is 61.5 Å². The molecule has 0 aromatic carbocycles. The third-order valence-electron chi connectivity index (χ3n) is 6.20. The number of aromatic nitrogens is 3. The topological polar surface area (TPSA) is 42.7 Å². The number of hydrogen-bond donors (Lipinski definition) is 1. The van der Waals surface area contributed by atoms with Crippen LogP contribution < -0.4 is 5.32 Å². The van der Waals surface area contributed by atoms with Gasteiger partial charge < -0.3 is 5.32 Å². The van der Waals surface area contributed by atoms with Crippen LogP contribution in [0, 0.1) is 30.6 Å². The Kier molecular flexibility index (Phi) is 2.35. The zero-order chi connectivity index (χ0) is 14.1. The zero-order valence-corrected chi connectivity index (χ0v) is 12.7. The Bertz CT molecular complexity index is 703. The van der Waals surface area contributed by atoms with Crippen molar-refractivity contribution in [3.63, 3.8) is 0 Å². The number of hydrogen-bond acceptors (Lipinski definition) is 3. The monoisotopic (exact) mass is 282 g/mol. The summed E-state index contributed by atoms with van der Waals surface area (Å²) in [6.07, 6.45) is 6.51. The second kappa shape index (κ2) is 4.07. The highest BCUT2D eigenvalue weighted by molar-refractivity contribution is 5.78. The lowest BCUT2D eigenvalue weighted by molar-refractivity contribution is 0.456. The van der Waals surface area contributed by atoms with Gasteiger partial charge in [-0.1, -0.05) is 0 Å². The summed E-state index contributed by atoms with van der Waals surface area (Å²) in [6, 6.07) is 3.05. The third-order valence-corrected chi connectivity index (χ3v) is 6.20. The highest BCUT2D eigenvalue weighted by atomic mass is 15.3. The predicted molar refractivity (Wildman–Crippen MR) is 81.7 cm³/mol. The molecule has 3 fully saturated rings. The van der Waals surface area contributed by atoms with E-state index >= 15 is 0 Å². The summed E-state index contributed by atoms with van der Waals surface area (Å²) in [4.78, 5) is 4.57. The van der Waals surface area contributed by atoms with Crippen LogP contribution >= 0.6 is 0 Å². The number of rotatable bonds is 3. The van der Waals surface area contributed by atoms with Crippen LogP contribution in [0.3, 0.4) is 0 Å². The van der Waals surface area contributed by atoms with Crippen molar-refractivity contribution in [2.24, 2.45) is 30.7 Å². The van der Waals surface area contributed by atoms with Crippen LogP contribution in [0.1, 0.15) is 30.5 Å². The molecule has 4 nitrogen and oxygen atoms in total. The molecule has 5 rings (SSSR count). The molecule has 0 amide bonds. The molecule has 4 atom stereocenters. The van der Waals surface area contributed by atoms with Crippen LogP contribution in [0.4, 0.5) is 0 Å². The van der Waals surface area contributed by atoms with E-state index in [0.29, 0.717) is 0 Å². The summed E-state index contributed by atoms with van der Waals surface area (Å²) in [5.74, 6) is 4.08. The van der Waals surface area contributed by atoms with Crippen LogP contribution in [-0.2, 0) is 13.6 Å². The van der Waals surface area contributed by atoms with Crippen molar-refractivity contribution in [2.75, 3.05) is 0 Å². The van der Waals surface area contributed by atoms with Gasteiger partial charge in [-0.25, -0.2) is 4.98 Å². The molecule has 3 saturated carbocycles. The molecular weight excluding hydrogens is 260 g/mol. The number of nitrogens with one attached hydrogen (secondary N) is 1. The fourth-order valence-corrected chi connectivity index (χ4v) is 5.28. The number of aryl methyl sites for hydroxylation is 2. The number of pyridine rings is 1. The Morgan fingerprint density at radius 1 is 1.29 bits per heavy atom. The first-order chi connectivity index (χ1) is 10.2. The Morgan fingerprint density at radius 3 is 2.81 bits per heavy atom. The molecule has 4 heteroatoms. The van der Waals surface area contributed by atoms with E-state index in [0.717, 1.165) is 47.6 Å². The average molecular weight is 282 g/mol. The first kappa shape index (κ1) is 12.2. The van der Waals surface area contributed by atoms with Crippen molar-refractivity contribution in [1.82, 2.24) is 20.1 Å². The molecule has 0 radical (unpaired) electrons. The fourth-order valence-electron chi connectivity index (χ4n) is 5.28. The van der Waals surface area contributed by atoms with Gasteiger partial charge in [0, 0.05) is 31.2 Å². The molecule has 4 unspecified atom stereocenters. The summed E-state index contributed by atoms with van der Waals surface area (Å²) in [5.41, 5.74) is 3.34. The van der Waals surface area contributed by atoms with Gasteiger partial charge in [0.25, 0.3) is 0 Å². The van der Waals surface area contributed by atoms with Gasteiger partial charge in [0.2, 0.25) is 0 Å². The van der Waals surface area contributed by atoms with E-state index < -0.39 is 0 Å². The molecule has 0 aliphatic heterocycles. The van der Waals surface area contributed by atoms with Crippen LogP contribution in [0.5, 0.6) is 0 Å². The first-order valence-electron chi connectivity index (χ1n) is 8.24. The van der Waals surface area contributed by atoms with Crippen LogP contribution in [0.2, 0.25) is 0 Å². The van der Waals surface area contributed by atoms with Gasteiger partial charge in [-0.2, -0.15) is 5.10 Å². The molecule has 2 aromatic heterocycles. The van der Waals surface area contributed by atoms with E-state index in [-0.39, 0.29) is 0 Å². The summed E-state index contributed by atoms with van der Waals surface area (Å²) in [7, 11) is 1.96. The Labute approximate surface area is 124 Å². The Morgan fingerprint density at radius 2 is 2.05 bits per heavy atom. The first-order valence-corrected chi connectivity index (χ1v) is 8.24. The lowest BCUT2D eigenvalue weighted by atomic mass is 10.0.